The van der Waals surface area contributed by atoms with Gasteiger partial charge in [-0.15, -0.1) is 0 Å². The lowest BCUT2D eigenvalue weighted by molar-refractivity contribution is -0.120. The second-order valence-electron chi connectivity index (χ2n) is 3.96. The number of amides is 1. The first kappa shape index (κ1) is 11.6. The molecule has 88 valence electrons. The van der Waals surface area contributed by atoms with Gasteiger partial charge in [0, 0.05) is 0 Å². The van der Waals surface area contributed by atoms with Crippen molar-refractivity contribution in [1.82, 2.24) is 5.32 Å². The molecule has 0 spiro atoms. The van der Waals surface area contributed by atoms with Crippen molar-refractivity contribution in [2.45, 2.75) is 13.0 Å². The molecule has 0 saturated heterocycles. The summed E-state index contributed by atoms with van der Waals surface area (Å²) < 4.78 is 0. The van der Waals surface area contributed by atoms with Gasteiger partial charge in [-0.1, -0.05) is 49.4 Å². The van der Waals surface area contributed by atoms with E-state index in [0.29, 0.717) is 6.54 Å². The predicted octanol–water partition coefficient (Wildman–Crippen LogP) is 1.98. The van der Waals surface area contributed by atoms with E-state index < -0.39 is 6.04 Å². The molecule has 1 unspecified atom stereocenters. The molecule has 17 heavy (non-hydrogen) atoms. The van der Waals surface area contributed by atoms with Crippen LogP contribution in [-0.4, -0.2) is 12.5 Å². The molecule has 0 heterocycles. The van der Waals surface area contributed by atoms with Gasteiger partial charge in [0.05, 0.1) is 0 Å². The summed E-state index contributed by atoms with van der Waals surface area (Å²) in [5.74, 6) is -0.344. The smallest absolute Gasteiger partial charge is 0.239 e. The monoisotopic (exact) mass is 228 g/mol. The lowest BCUT2D eigenvalue weighted by atomic mass is 9.98. The Balaban J connectivity index is 2.56. The van der Waals surface area contributed by atoms with Gasteiger partial charge in [-0.3, -0.25) is 4.79 Å². The summed E-state index contributed by atoms with van der Waals surface area (Å²) in [4.78, 5) is 11.5. The van der Waals surface area contributed by atoms with Crippen molar-refractivity contribution in [2.75, 3.05) is 6.54 Å². The zero-order valence-electron chi connectivity index (χ0n) is 9.81. The minimum atomic E-state index is -0.425. The molecule has 2 aromatic rings. The number of rotatable bonds is 4. The van der Waals surface area contributed by atoms with Gasteiger partial charge < -0.3 is 11.1 Å². The Hall–Kier alpha value is -1.87. The zero-order chi connectivity index (χ0) is 12.3. The van der Waals surface area contributed by atoms with E-state index in [4.69, 9.17) is 5.73 Å². The summed E-state index contributed by atoms with van der Waals surface area (Å²) in [5, 5.41) is 5.30. The number of carbonyl (C=O) groups is 1. The van der Waals surface area contributed by atoms with E-state index in [9.17, 15) is 4.79 Å². The Morgan fingerprint density at radius 1 is 1.24 bits per heavy atom. The van der Waals surface area contributed by atoms with Crippen LogP contribution >= 0.6 is 0 Å². The number of nitrogens with two attached hydrogens (primary N) is 1. The highest BCUT2D eigenvalue weighted by atomic mass is 16.1. The zero-order valence-corrected chi connectivity index (χ0v) is 9.81. The van der Waals surface area contributed by atoms with Crippen LogP contribution in [0.4, 0.5) is 0 Å². The molecule has 0 radical (unpaired) electrons. The quantitative estimate of drug-likeness (QED) is 0.840. The van der Waals surface area contributed by atoms with Gasteiger partial charge in [-0.05, 0) is 22.9 Å². The third kappa shape index (κ3) is 2.29. The Morgan fingerprint density at radius 2 is 1.94 bits per heavy atom. The van der Waals surface area contributed by atoms with Crippen LogP contribution in [0.5, 0.6) is 0 Å². The van der Waals surface area contributed by atoms with E-state index in [0.717, 1.165) is 16.3 Å². The van der Waals surface area contributed by atoms with Crippen molar-refractivity contribution in [3.63, 3.8) is 0 Å². The van der Waals surface area contributed by atoms with Crippen LogP contribution in [0.3, 0.4) is 0 Å². The summed E-state index contributed by atoms with van der Waals surface area (Å²) in [6, 6.07) is 13.5. The van der Waals surface area contributed by atoms with Crippen molar-refractivity contribution in [1.29, 1.82) is 0 Å². The summed E-state index contributed by atoms with van der Waals surface area (Å²) in [7, 11) is 0. The molecule has 2 aromatic carbocycles. The number of nitrogens with one attached hydrogen (secondary N) is 1. The highest BCUT2D eigenvalue weighted by Gasteiger charge is 2.18. The highest BCUT2D eigenvalue weighted by Crippen LogP contribution is 2.24. The van der Waals surface area contributed by atoms with E-state index in [1.54, 1.807) is 0 Å². The third-order valence-corrected chi connectivity index (χ3v) is 2.83. The summed E-state index contributed by atoms with van der Waals surface area (Å²) in [6.45, 7) is 2.66. The molecule has 1 atom stereocenters. The largest absolute Gasteiger partial charge is 0.368 e. The maximum absolute atomic E-state index is 11.5. The van der Waals surface area contributed by atoms with Crippen molar-refractivity contribution >= 4 is 16.7 Å². The fourth-order valence-electron chi connectivity index (χ4n) is 2.07. The predicted molar refractivity (Wildman–Crippen MR) is 69.6 cm³/mol. The van der Waals surface area contributed by atoms with Crippen molar-refractivity contribution in [3.05, 3.63) is 48.0 Å². The van der Waals surface area contributed by atoms with Crippen LogP contribution in [0.1, 0.15) is 18.5 Å². The average molecular weight is 228 g/mol. The second-order valence-corrected chi connectivity index (χ2v) is 3.96. The first-order valence-corrected chi connectivity index (χ1v) is 5.74. The second kappa shape index (κ2) is 4.97. The lowest BCUT2D eigenvalue weighted by Crippen LogP contribution is -2.33. The van der Waals surface area contributed by atoms with E-state index in [1.165, 1.54) is 0 Å². The molecule has 0 bridgehead atoms. The van der Waals surface area contributed by atoms with Gasteiger partial charge in [0.1, 0.15) is 6.04 Å². The Morgan fingerprint density at radius 3 is 2.65 bits per heavy atom. The number of hydrogen-bond donors (Lipinski definition) is 2. The number of primary amides is 1. The minimum absolute atomic E-state index is 0.344. The summed E-state index contributed by atoms with van der Waals surface area (Å²) >= 11 is 0. The molecule has 0 saturated carbocycles. The van der Waals surface area contributed by atoms with E-state index in [2.05, 4.69) is 5.32 Å². The topological polar surface area (TPSA) is 55.1 Å². The van der Waals surface area contributed by atoms with Crippen LogP contribution in [-0.2, 0) is 4.79 Å². The number of benzene rings is 2. The Labute approximate surface area is 101 Å². The molecular formula is C14H16N2O. The number of carbonyl (C=O) groups excluding carboxylic acids is 1. The van der Waals surface area contributed by atoms with Gasteiger partial charge in [0.25, 0.3) is 0 Å². The highest BCUT2D eigenvalue weighted by molar-refractivity contribution is 5.92. The van der Waals surface area contributed by atoms with Gasteiger partial charge in [-0.25, -0.2) is 0 Å². The van der Waals surface area contributed by atoms with Gasteiger partial charge >= 0.3 is 0 Å². The fraction of sp³-hybridized carbons (Fsp3) is 0.214. The normalized spacial score (nSPS) is 12.5. The van der Waals surface area contributed by atoms with E-state index >= 15 is 0 Å². The number of likely N-dealkylation sites (N-methyl/N-ethyl adjacent to an activating group) is 1. The summed E-state index contributed by atoms with van der Waals surface area (Å²) in [5.41, 5.74) is 6.39. The standard InChI is InChI=1S/C14H16N2O/c1-2-16-13(14(15)17)12-9-5-7-10-6-3-4-8-11(10)12/h3-9,13,16H,2H2,1H3,(H2,15,17). The molecule has 0 aliphatic rings. The molecule has 0 aromatic heterocycles. The molecule has 0 aliphatic carbocycles. The van der Waals surface area contributed by atoms with E-state index in [1.807, 2.05) is 49.4 Å². The molecular weight excluding hydrogens is 212 g/mol. The van der Waals surface area contributed by atoms with Crippen molar-refractivity contribution in [2.24, 2.45) is 5.73 Å². The Kier molecular flexibility index (Phi) is 3.40. The van der Waals surface area contributed by atoms with Crippen LogP contribution in [0.15, 0.2) is 42.5 Å². The van der Waals surface area contributed by atoms with Crippen LogP contribution in [0.25, 0.3) is 10.8 Å². The maximum Gasteiger partial charge on any atom is 0.239 e. The van der Waals surface area contributed by atoms with Gasteiger partial charge in [0.2, 0.25) is 5.91 Å². The summed E-state index contributed by atoms with van der Waals surface area (Å²) in [6.07, 6.45) is 0. The fourth-order valence-corrected chi connectivity index (χ4v) is 2.07. The molecule has 1 amide bonds. The van der Waals surface area contributed by atoms with Gasteiger partial charge in [-0.2, -0.15) is 0 Å². The van der Waals surface area contributed by atoms with Crippen LogP contribution < -0.4 is 11.1 Å². The lowest BCUT2D eigenvalue weighted by Gasteiger charge is -2.16. The number of fused-ring (bicyclic) bond motifs is 1. The van der Waals surface area contributed by atoms with Gasteiger partial charge in [0.15, 0.2) is 0 Å². The maximum atomic E-state index is 11.5. The van der Waals surface area contributed by atoms with Crippen LogP contribution in [0, 0.1) is 0 Å². The van der Waals surface area contributed by atoms with Crippen LogP contribution in [0.2, 0.25) is 0 Å². The molecule has 0 aliphatic heterocycles. The number of hydrogen-bond acceptors (Lipinski definition) is 2. The SMILES string of the molecule is CCNC(C(N)=O)c1cccc2ccccc12. The first-order valence-electron chi connectivity index (χ1n) is 5.74. The first-order chi connectivity index (χ1) is 8.24. The average Bonchev–Trinajstić information content (AvgIpc) is 2.35. The van der Waals surface area contributed by atoms with E-state index in [-0.39, 0.29) is 5.91 Å². The minimum Gasteiger partial charge on any atom is -0.368 e. The third-order valence-electron chi connectivity index (χ3n) is 2.83. The molecule has 0 fully saturated rings. The Bertz CT molecular complexity index is 531. The molecule has 3 nitrogen and oxygen atoms in total. The van der Waals surface area contributed by atoms with Crippen molar-refractivity contribution < 1.29 is 4.79 Å². The molecule has 3 heteroatoms. The molecule has 3 N–H and O–H groups in total. The van der Waals surface area contributed by atoms with Crippen molar-refractivity contribution in [3.8, 4) is 0 Å². The molecule has 2 rings (SSSR count).